The molecular weight excluding hydrogens is 256 g/mol. The van der Waals surface area contributed by atoms with Crippen LogP contribution in [0.15, 0.2) is 6.07 Å². The number of nitrogens with zero attached hydrogens (tertiary/aromatic N) is 2. The molecule has 98 valence electrons. The van der Waals surface area contributed by atoms with Crippen LogP contribution < -0.4 is 11.1 Å². The van der Waals surface area contributed by atoms with Crippen molar-refractivity contribution < 1.29 is 9.53 Å². The van der Waals surface area contributed by atoms with Gasteiger partial charge in [0.15, 0.2) is 0 Å². The monoisotopic (exact) mass is 270 g/mol. The highest BCUT2D eigenvalue weighted by atomic mass is 35.5. The molecule has 1 fully saturated rings. The molecule has 0 aromatic carbocycles. The van der Waals surface area contributed by atoms with Crippen LogP contribution in [-0.2, 0) is 9.53 Å². The lowest BCUT2D eigenvalue weighted by atomic mass is 10.2. The van der Waals surface area contributed by atoms with Crippen molar-refractivity contribution in [2.75, 3.05) is 11.9 Å². The molecule has 0 saturated carbocycles. The molecule has 1 amide bonds. The van der Waals surface area contributed by atoms with Gasteiger partial charge < -0.3 is 10.5 Å². The van der Waals surface area contributed by atoms with E-state index in [0.717, 1.165) is 6.42 Å². The second-order valence-electron chi connectivity index (χ2n) is 4.20. The SMILES string of the molecule is Cc1cc(Cl)nc(NC(=O)C2CCC(CN)O2)n1. The van der Waals surface area contributed by atoms with Crippen LogP contribution in [-0.4, -0.2) is 34.6 Å². The van der Waals surface area contributed by atoms with Crippen molar-refractivity contribution in [3.8, 4) is 0 Å². The van der Waals surface area contributed by atoms with Gasteiger partial charge in [-0.15, -0.1) is 0 Å². The highest BCUT2D eigenvalue weighted by Gasteiger charge is 2.30. The van der Waals surface area contributed by atoms with Crippen molar-refractivity contribution in [3.05, 3.63) is 16.9 Å². The number of hydrogen-bond donors (Lipinski definition) is 2. The van der Waals surface area contributed by atoms with Crippen LogP contribution in [0.3, 0.4) is 0 Å². The number of anilines is 1. The van der Waals surface area contributed by atoms with Gasteiger partial charge in [0.1, 0.15) is 11.3 Å². The average Bonchev–Trinajstić information content (AvgIpc) is 2.75. The number of halogens is 1. The molecule has 18 heavy (non-hydrogen) atoms. The molecule has 3 N–H and O–H groups in total. The van der Waals surface area contributed by atoms with Crippen LogP contribution in [0.4, 0.5) is 5.95 Å². The maximum atomic E-state index is 11.9. The van der Waals surface area contributed by atoms with Crippen molar-refractivity contribution in [1.29, 1.82) is 0 Å². The Morgan fingerprint density at radius 3 is 3.00 bits per heavy atom. The van der Waals surface area contributed by atoms with E-state index in [-0.39, 0.29) is 18.0 Å². The van der Waals surface area contributed by atoms with Crippen molar-refractivity contribution in [1.82, 2.24) is 9.97 Å². The molecule has 0 aliphatic carbocycles. The summed E-state index contributed by atoms with van der Waals surface area (Å²) in [6.07, 6.45) is 0.932. The molecule has 1 aliphatic rings. The number of nitrogens with one attached hydrogen (secondary N) is 1. The summed E-state index contributed by atoms with van der Waals surface area (Å²) in [5.74, 6) is -0.0579. The third-order valence-corrected chi connectivity index (χ3v) is 2.91. The third kappa shape index (κ3) is 3.16. The fourth-order valence-corrected chi connectivity index (χ4v) is 2.09. The van der Waals surface area contributed by atoms with E-state index in [4.69, 9.17) is 22.1 Å². The molecule has 1 aromatic rings. The number of nitrogens with two attached hydrogens (primary N) is 1. The minimum atomic E-state index is -0.485. The predicted octanol–water partition coefficient (Wildman–Crippen LogP) is 0.883. The van der Waals surface area contributed by atoms with Crippen molar-refractivity contribution in [2.24, 2.45) is 5.73 Å². The van der Waals surface area contributed by atoms with Gasteiger partial charge >= 0.3 is 0 Å². The highest BCUT2D eigenvalue weighted by molar-refractivity contribution is 6.29. The Bertz CT molecular complexity index is 434. The quantitative estimate of drug-likeness (QED) is 0.796. The topological polar surface area (TPSA) is 90.1 Å². The molecule has 2 unspecified atom stereocenters. The van der Waals surface area contributed by atoms with E-state index in [2.05, 4.69) is 15.3 Å². The summed E-state index contributed by atoms with van der Waals surface area (Å²) in [5.41, 5.74) is 6.18. The molecule has 1 aliphatic heterocycles. The van der Waals surface area contributed by atoms with Crippen LogP contribution in [0.25, 0.3) is 0 Å². The summed E-state index contributed by atoms with van der Waals surface area (Å²) in [5, 5.41) is 2.90. The van der Waals surface area contributed by atoms with Crippen LogP contribution in [0.5, 0.6) is 0 Å². The molecular formula is C11H15ClN4O2. The molecule has 0 bridgehead atoms. The molecule has 2 rings (SSSR count). The van der Waals surface area contributed by atoms with Gasteiger partial charge in [-0.2, -0.15) is 0 Å². The Morgan fingerprint density at radius 2 is 2.39 bits per heavy atom. The Balaban J connectivity index is 1.99. The normalized spacial score (nSPS) is 23.1. The number of carbonyl (C=O) groups is 1. The molecule has 2 atom stereocenters. The van der Waals surface area contributed by atoms with E-state index in [1.807, 2.05) is 0 Å². The summed E-state index contributed by atoms with van der Waals surface area (Å²) >= 11 is 5.79. The second kappa shape index (κ2) is 5.60. The molecule has 6 nitrogen and oxygen atoms in total. The van der Waals surface area contributed by atoms with Gasteiger partial charge in [-0.3, -0.25) is 10.1 Å². The first-order chi connectivity index (χ1) is 8.58. The highest BCUT2D eigenvalue weighted by Crippen LogP contribution is 2.20. The molecule has 0 radical (unpaired) electrons. The zero-order valence-corrected chi connectivity index (χ0v) is 10.8. The predicted molar refractivity (Wildman–Crippen MR) is 67.4 cm³/mol. The van der Waals surface area contributed by atoms with E-state index in [1.165, 1.54) is 0 Å². The second-order valence-corrected chi connectivity index (χ2v) is 4.59. The van der Waals surface area contributed by atoms with Gasteiger partial charge in [0, 0.05) is 12.2 Å². The summed E-state index contributed by atoms with van der Waals surface area (Å²) in [6.45, 7) is 2.20. The lowest BCUT2D eigenvalue weighted by Crippen LogP contribution is -2.30. The molecule has 1 aromatic heterocycles. The summed E-state index contributed by atoms with van der Waals surface area (Å²) in [4.78, 5) is 19.9. The van der Waals surface area contributed by atoms with Gasteiger partial charge in [0.25, 0.3) is 5.91 Å². The Labute approximate surface area is 110 Å². The fourth-order valence-electron chi connectivity index (χ4n) is 1.85. The number of hydrogen-bond acceptors (Lipinski definition) is 5. The van der Waals surface area contributed by atoms with E-state index < -0.39 is 6.10 Å². The maximum Gasteiger partial charge on any atom is 0.255 e. The summed E-state index contributed by atoms with van der Waals surface area (Å²) in [7, 11) is 0. The van der Waals surface area contributed by atoms with E-state index in [1.54, 1.807) is 13.0 Å². The maximum absolute atomic E-state index is 11.9. The van der Waals surface area contributed by atoms with Crippen LogP contribution in [0.2, 0.25) is 5.15 Å². The molecule has 2 heterocycles. The third-order valence-electron chi connectivity index (χ3n) is 2.72. The lowest BCUT2D eigenvalue weighted by molar-refractivity contribution is -0.126. The first-order valence-corrected chi connectivity index (χ1v) is 6.14. The van der Waals surface area contributed by atoms with E-state index in [9.17, 15) is 4.79 Å². The van der Waals surface area contributed by atoms with E-state index in [0.29, 0.717) is 23.8 Å². The van der Waals surface area contributed by atoms with Crippen molar-refractivity contribution >= 4 is 23.5 Å². The van der Waals surface area contributed by atoms with Crippen molar-refractivity contribution in [2.45, 2.75) is 32.0 Å². The summed E-state index contributed by atoms with van der Waals surface area (Å²) < 4.78 is 5.48. The number of aromatic nitrogens is 2. The van der Waals surface area contributed by atoms with Crippen LogP contribution in [0, 0.1) is 6.92 Å². The molecule has 0 spiro atoms. The lowest BCUT2D eigenvalue weighted by Gasteiger charge is -2.12. The van der Waals surface area contributed by atoms with Gasteiger partial charge in [0.2, 0.25) is 5.95 Å². The number of ether oxygens (including phenoxy) is 1. The first kappa shape index (κ1) is 13.2. The Kier molecular flexibility index (Phi) is 4.11. The first-order valence-electron chi connectivity index (χ1n) is 5.76. The minimum absolute atomic E-state index is 0.0391. The molecule has 1 saturated heterocycles. The number of rotatable bonds is 3. The standard InChI is InChI=1S/C11H15ClN4O2/c1-6-4-9(12)15-11(14-6)16-10(17)8-3-2-7(5-13)18-8/h4,7-8H,2-3,5,13H2,1H3,(H,14,15,16,17). The molecule has 7 heteroatoms. The van der Waals surface area contributed by atoms with Gasteiger partial charge in [0.05, 0.1) is 6.10 Å². The number of carbonyl (C=O) groups excluding carboxylic acids is 1. The minimum Gasteiger partial charge on any atom is -0.364 e. The number of amides is 1. The fraction of sp³-hybridized carbons (Fsp3) is 0.545. The number of aryl methyl sites for hydroxylation is 1. The van der Waals surface area contributed by atoms with Gasteiger partial charge in [-0.25, -0.2) is 9.97 Å². The average molecular weight is 271 g/mol. The Morgan fingerprint density at radius 1 is 1.61 bits per heavy atom. The van der Waals surface area contributed by atoms with Crippen LogP contribution in [0.1, 0.15) is 18.5 Å². The smallest absolute Gasteiger partial charge is 0.255 e. The van der Waals surface area contributed by atoms with E-state index >= 15 is 0 Å². The van der Waals surface area contributed by atoms with Gasteiger partial charge in [-0.1, -0.05) is 11.6 Å². The summed E-state index contributed by atoms with van der Waals surface area (Å²) in [6, 6.07) is 1.62. The van der Waals surface area contributed by atoms with Crippen LogP contribution >= 0.6 is 11.6 Å². The zero-order valence-electron chi connectivity index (χ0n) is 10.0. The van der Waals surface area contributed by atoms with Crippen molar-refractivity contribution in [3.63, 3.8) is 0 Å². The van der Waals surface area contributed by atoms with Gasteiger partial charge in [-0.05, 0) is 25.8 Å². The Hall–Kier alpha value is -1.24. The zero-order chi connectivity index (χ0) is 13.1. The largest absolute Gasteiger partial charge is 0.364 e.